The maximum absolute atomic E-state index is 13.2. The van der Waals surface area contributed by atoms with Crippen LogP contribution in [-0.2, 0) is 32.5 Å². The van der Waals surface area contributed by atoms with Gasteiger partial charge in [0.05, 0.1) is 4.90 Å². The van der Waals surface area contributed by atoms with E-state index in [2.05, 4.69) is 5.32 Å². The summed E-state index contributed by atoms with van der Waals surface area (Å²) in [5.74, 6) is -0.752. The van der Waals surface area contributed by atoms with Crippen molar-refractivity contribution in [2.45, 2.75) is 43.0 Å². The van der Waals surface area contributed by atoms with Gasteiger partial charge in [-0.25, -0.2) is 8.42 Å². The zero-order valence-electron chi connectivity index (χ0n) is 19.2. The lowest BCUT2D eigenvalue weighted by Gasteiger charge is -2.32. The molecule has 1 N–H and O–H groups in total. The third-order valence-corrected chi connectivity index (χ3v) is 8.53. The summed E-state index contributed by atoms with van der Waals surface area (Å²) < 4.78 is 27.8. The molecule has 2 aliphatic rings. The average molecular weight is 470 g/mol. The quantitative estimate of drug-likeness (QED) is 0.704. The van der Waals surface area contributed by atoms with Crippen LogP contribution in [0.2, 0.25) is 0 Å². The van der Waals surface area contributed by atoms with E-state index in [0.29, 0.717) is 17.7 Å². The number of hydrogen-bond acceptors (Lipinski definition) is 4. The van der Waals surface area contributed by atoms with Crippen molar-refractivity contribution in [1.82, 2.24) is 14.5 Å². The van der Waals surface area contributed by atoms with Gasteiger partial charge in [0.15, 0.2) is 0 Å². The molecule has 33 heavy (non-hydrogen) atoms. The Balaban J connectivity index is 1.41. The van der Waals surface area contributed by atoms with E-state index >= 15 is 0 Å². The Bertz CT molecular complexity index is 1120. The molecule has 0 spiro atoms. The predicted octanol–water partition coefficient (Wildman–Crippen LogP) is 2.52. The van der Waals surface area contributed by atoms with Crippen molar-refractivity contribution < 1.29 is 18.0 Å². The van der Waals surface area contributed by atoms with E-state index in [0.717, 1.165) is 30.4 Å². The first kappa shape index (κ1) is 23.4. The van der Waals surface area contributed by atoms with Crippen molar-refractivity contribution in [3.8, 4) is 0 Å². The number of nitrogens with one attached hydrogen (secondary N) is 1. The van der Waals surface area contributed by atoms with Gasteiger partial charge in [-0.3, -0.25) is 9.59 Å². The van der Waals surface area contributed by atoms with Crippen molar-refractivity contribution in [3.63, 3.8) is 0 Å². The Hall–Kier alpha value is -2.71. The highest BCUT2D eigenvalue weighted by Crippen LogP contribution is 2.29. The lowest BCUT2D eigenvalue weighted by molar-refractivity contribution is -0.136. The van der Waals surface area contributed by atoms with Gasteiger partial charge in [0.25, 0.3) is 0 Å². The monoisotopic (exact) mass is 469 g/mol. The molecule has 176 valence electrons. The Kier molecular flexibility index (Phi) is 6.86. The fourth-order valence-corrected chi connectivity index (χ4v) is 6.19. The molecule has 2 amide bonds. The number of benzene rings is 2. The summed E-state index contributed by atoms with van der Waals surface area (Å²) in [5.41, 5.74) is 3.09. The Morgan fingerprint density at radius 2 is 1.67 bits per heavy atom. The molecule has 0 bridgehead atoms. The van der Waals surface area contributed by atoms with Crippen LogP contribution in [0.5, 0.6) is 0 Å². The smallest absolute Gasteiger partial charge is 0.249 e. The van der Waals surface area contributed by atoms with Gasteiger partial charge in [-0.1, -0.05) is 36.4 Å². The molecule has 0 radical (unpaired) electrons. The van der Waals surface area contributed by atoms with Crippen LogP contribution < -0.4 is 5.32 Å². The van der Waals surface area contributed by atoms with E-state index in [1.807, 2.05) is 42.5 Å². The molecule has 2 aromatic rings. The molecule has 1 fully saturated rings. The summed E-state index contributed by atoms with van der Waals surface area (Å²) in [6, 6.07) is 13.8. The summed E-state index contributed by atoms with van der Waals surface area (Å²) >= 11 is 0. The third-order valence-electron chi connectivity index (χ3n) is 6.64. The number of aryl methyl sites for hydroxylation is 2. The zero-order valence-corrected chi connectivity index (χ0v) is 20.0. The summed E-state index contributed by atoms with van der Waals surface area (Å²) in [6.07, 6.45) is 3.85. The number of carbonyl (C=O) groups excluding carboxylic acids is 2. The Morgan fingerprint density at radius 1 is 1.00 bits per heavy atom. The molecular weight excluding hydrogens is 438 g/mol. The number of nitrogens with zero attached hydrogens (tertiary/aromatic N) is 2. The molecule has 0 saturated carbocycles. The lowest BCUT2D eigenvalue weighted by atomic mass is 9.96. The second-order valence-electron chi connectivity index (χ2n) is 9.05. The lowest BCUT2D eigenvalue weighted by Crippen LogP contribution is -2.46. The van der Waals surface area contributed by atoms with Gasteiger partial charge in [0.2, 0.25) is 21.8 Å². The van der Waals surface area contributed by atoms with Crippen LogP contribution in [0.1, 0.15) is 42.0 Å². The first-order valence-electron chi connectivity index (χ1n) is 11.5. The van der Waals surface area contributed by atoms with Gasteiger partial charge in [-0.2, -0.15) is 4.31 Å². The van der Waals surface area contributed by atoms with Crippen molar-refractivity contribution in [1.29, 1.82) is 0 Å². The topological polar surface area (TPSA) is 86.8 Å². The van der Waals surface area contributed by atoms with E-state index in [9.17, 15) is 18.0 Å². The maximum atomic E-state index is 13.2. The van der Waals surface area contributed by atoms with Crippen LogP contribution >= 0.6 is 0 Å². The van der Waals surface area contributed by atoms with Crippen molar-refractivity contribution in [2.24, 2.45) is 5.92 Å². The first-order valence-corrected chi connectivity index (χ1v) is 12.9. The molecule has 1 atom stereocenters. The number of fused-ring (bicyclic) bond motifs is 1. The molecule has 1 heterocycles. The second-order valence-corrected chi connectivity index (χ2v) is 11.0. The number of sulfonamides is 1. The molecule has 1 aliphatic carbocycles. The molecule has 1 aliphatic heterocycles. The predicted molar refractivity (Wildman–Crippen MR) is 126 cm³/mol. The minimum atomic E-state index is -3.58. The van der Waals surface area contributed by atoms with Crippen LogP contribution in [-0.4, -0.2) is 56.6 Å². The van der Waals surface area contributed by atoms with Crippen molar-refractivity contribution in [2.75, 3.05) is 27.2 Å². The molecular formula is C25H31N3O4S. The molecule has 4 rings (SSSR count). The van der Waals surface area contributed by atoms with Crippen molar-refractivity contribution >= 4 is 21.8 Å². The van der Waals surface area contributed by atoms with E-state index in [1.165, 1.54) is 14.8 Å². The Labute approximate surface area is 195 Å². The number of piperidine rings is 1. The third kappa shape index (κ3) is 4.96. The Morgan fingerprint density at radius 3 is 2.33 bits per heavy atom. The molecule has 2 aromatic carbocycles. The minimum absolute atomic E-state index is 0.203. The molecule has 7 nitrogen and oxygen atoms in total. The molecule has 1 saturated heterocycles. The van der Waals surface area contributed by atoms with E-state index < -0.39 is 16.1 Å². The van der Waals surface area contributed by atoms with Crippen LogP contribution in [0, 0.1) is 5.92 Å². The van der Waals surface area contributed by atoms with Gasteiger partial charge in [-0.15, -0.1) is 0 Å². The van der Waals surface area contributed by atoms with E-state index in [1.54, 1.807) is 20.2 Å². The van der Waals surface area contributed by atoms with E-state index in [-0.39, 0.29) is 30.8 Å². The second kappa shape index (κ2) is 9.65. The van der Waals surface area contributed by atoms with E-state index in [4.69, 9.17) is 0 Å². The fraction of sp³-hybridized carbons (Fsp3) is 0.440. The van der Waals surface area contributed by atoms with Gasteiger partial charge >= 0.3 is 0 Å². The van der Waals surface area contributed by atoms with Gasteiger partial charge < -0.3 is 10.2 Å². The maximum Gasteiger partial charge on any atom is 0.249 e. The molecule has 0 aromatic heterocycles. The van der Waals surface area contributed by atoms with Crippen molar-refractivity contribution in [3.05, 3.63) is 65.2 Å². The number of hydrogen-bond donors (Lipinski definition) is 1. The summed E-state index contributed by atoms with van der Waals surface area (Å²) in [7, 11) is -0.264. The van der Waals surface area contributed by atoms with Gasteiger partial charge in [0.1, 0.15) is 6.04 Å². The summed E-state index contributed by atoms with van der Waals surface area (Å²) in [6.45, 7) is 0.574. The highest BCUT2D eigenvalue weighted by Gasteiger charge is 2.34. The zero-order chi connectivity index (χ0) is 23.6. The van der Waals surface area contributed by atoms with Gasteiger partial charge in [-0.05, 0) is 60.9 Å². The molecule has 8 heteroatoms. The van der Waals surface area contributed by atoms with Crippen LogP contribution in [0.25, 0.3) is 0 Å². The number of carbonyl (C=O) groups is 2. The minimum Gasteiger partial charge on any atom is -0.347 e. The average Bonchev–Trinajstić information content (AvgIpc) is 3.30. The highest BCUT2D eigenvalue weighted by atomic mass is 32.2. The number of likely N-dealkylation sites (N-methyl/N-ethyl adjacent to an activating group) is 1. The summed E-state index contributed by atoms with van der Waals surface area (Å²) in [5, 5.41) is 2.90. The molecule has 0 unspecified atom stereocenters. The number of amides is 2. The largest absolute Gasteiger partial charge is 0.347 e. The highest BCUT2D eigenvalue weighted by molar-refractivity contribution is 7.89. The first-order chi connectivity index (χ1) is 15.8. The van der Waals surface area contributed by atoms with Crippen LogP contribution in [0.15, 0.2) is 53.4 Å². The fourth-order valence-electron chi connectivity index (χ4n) is 4.67. The van der Waals surface area contributed by atoms with Gasteiger partial charge in [0, 0.05) is 33.1 Å². The standard InChI is InChI=1S/C25H31N3O4S/c1-27(2)25(30)23(19-7-4-3-5-8-19)26-24(29)20-13-15-28(16-14-20)33(31,32)22-12-11-18-9-6-10-21(18)17-22/h3-5,7-8,11-12,17,20,23H,6,9-10,13-16H2,1-2H3,(H,26,29)/t23-/m1/s1. The van der Waals surface area contributed by atoms with Crippen LogP contribution in [0.3, 0.4) is 0 Å². The normalized spacial score (nSPS) is 17.9. The number of rotatable bonds is 6. The SMILES string of the molecule is CN(C)C(=O)[C@H](NC(=O)C1CCN(S(=O)(=O)c2ccc3c(c2)CCC3)CC1)c1ccccc1. The van der Waals surface area contributed by atoms with Crippen LogP contribution in [0.4, 0.5) is 0 Å². The summed E-state index contributed by atoms with van der Waals surface area (Å²) in [4.78, 5) is 27.5.